The van der Waals surface area contributed by atoms with Crippen LogP contribution in [0, 0.1) is 0 Å². The van der Waals surface area contributed by atoms with Crippen LogP contribution < -0.4 is 9.46 Å². The van der Waals surface area contributed by atoms with Crippen molar-refractivity contribution in [1.82, 2.24) is 9.97 Å². The zero-order chi connectivity index (χ0) is 21.4. The van der Waals surface area contributed by atoms with Crippen molar-refractivity contribution in [2.24, 2.45) is 0 Å². The third-order valence-electron chi connectivity index (χ3n) is 4.27. The van der Waals surface area contributed by atoms with Crippen molar-refractivity contribution in [3.05, 3.63) is 77.5 Å². The predicted octanol–water partition coefficient (Wildman–Crippen LogP) is 3.49. The highest BCUT2D eigenvalue weighted by atomic mass is 32.2. The maximum Gasteiger partial charge on any atom is 0.256 e. The van der Waals surface area contributed by atoms with Crippen molar-refractivity contribution in [3.8, 4) is 17.0 Å². The minimum absolute atomic E-state index is 0.0250. The van der Waals surface area contributed by atoms with Crippen LogP contribution in [0.1, 0.15) is 18.1 Å². The molecule has 2 aromatic carbocycles. The first-order valence-electron chi connectivity index (χ1n) is 9.46. The van der Waals surface area contributed by atoms with Gasteiger partial charge >= 0.3 is 0 Å². The molecular formula is C22H23N3O4S. The quantitative estimate of drug-likeness (QED) is 0.544. The molecule has 0 bridgehead atoms. The maximum atomic E-state index is 12.6. The summed E-state index contributed by atoms with van der Waals surface area (Å²) >= 11 is 0. The Bertz CT molecular complexity index is 1100. The zero-order valence-electron chi connectivity index (χ0n) is 16.5. The molecule has 0 atom stereocenters. The fourth-order valence-corrected chi connectivity index (χ4v) is 3.60. The van der Waals surface area contributed by atoms with Crippen LogP contribution in [-0.4, -0.2) is 36.7 Å². The number of hydrogen-bond acceptors (Lipinski definition) is 6. The molecule has 0 saturated heterocycles. The average Bonchev–Trinajstić information content (AvgIpc) is 2.77. The molecule has 1 aromatic heterocycles. The molecule has 30 heavy (non-hydrogen) atoms. The normalized spacial score (nSPS) is 11.5. The molecule has 0 spiro atoms. The lowest BCUT2D eigenvalue weighted by Crippen LogP contribution is -2.13. The average molecular weight is 426 g/mol. The lowest BCUT2D eigenvalue weighted by atomic mass is 10.0. The number of anilines is 1. The van der Waals surface area contributed by atoms with Gasteiger partial charge in [-0.3, -0.25) is 4.72 Å². The number of nitrogens with zero attached hydrogens (tertiary/aromatic N) is 2. The predicted molar refractivity (Wildman–Crippen MR) is 117 cm³/mol. The number of aryl methyl sites for hydroxylation is 1. The Kier molecular flexibility index (Phi) is 7.16. The number of sulfonamides is 1. The summed E-state index contributed by atoms with van der Waals surface area (Å²) in [5.74, 6) is 0.285. The molecule has 0 unspecified atom stereocenters. The van der Waals surface area contributed by atoms with Gasteiger partial charge in [0.1, 0.15) is 12.9 Å². The smallest absolute Gasteiger partial charge is 0.256 e. The molecule has 3 aromatic rings. The summed E-state index contributed by atoms with van der Waals surface area (Å²) in [6, 6.07) is 16.7. The van der Waals surface area contributed by atoms with Crippen molar-refractivity contribution >= 4 is 21.9 Å². The van der Waals surface area contributed by atoms with Crippen LogP contribution in [0.3, 0.4) is 0 Å². The van der Waals surface area contributed by atoms with Gasteiger partial charge < -0.3 is 9.84 Å². The first kappa shape index (κ1) is 21.5. The summed E-state index contributed by atoms with van der Waals surface area (Å²) in [7, 11) is -3.84. The molecular weight excluding hydrogens is 402 g/mol. The van der Waals surface area contributed by atoms with Gasteiger partial charge in [0.15, 0.2) is 5.82 Å². The third-order valence-corrected chi connectivity index (χ3v) is 5.24. The molecule has 3 rings (SSSR count). The number of rotatable bonds is 9. The lowest BCUT2D eigenvalue weighted by molar-refractivity contribution is 0.197. The molecule has 7 nitrogen and oxygen atoms in total. The van der Waals surface area contributed by atoms with Gasteiger partial charge in [0.2, 0.25) is 5.88 Å². The Morgan fingerprint density at radius 3 is 2.47 bits per heavy atom. The van der Waals surface area contributed by atoms with Gasteiger partial charge in [-0.1, -0.05) is 61.5 Å². The van der Waals surface area contributed by atoms with E-state index in [1.807, 2.05) is 42.5 Å². The monoisotopic (exact) mass is 425 g/mol. The van der Waals surface area contributed by atoms with E-state index in [9.17, 15) is 8.42 Å². The standard InChI is InChI=1S/C22H23N3O4S/c1-2-17-8-10-19(11-9-17)20-21(23-16-24-22(20)29-14-13-26)25-30(27,28)15-12-18-6-4-3-5-7-18/h3-12,15-16,26H,2,13-14H2,1H3,(H,23,24,25)/b15-12+. The molecule has 0 fully saturated rings. The minimum Gasteiger partial charge on any atom is -0.475 e. The summed E-state index contributed by atoms with van der Waals surface area (Å²) in [6.45, 7) is 1.88. The van der Waals surface area contributed by atoms with E-state index >= 15 is 0 Å². The Hall–Kier alpha value is -3.23. The van der Waals surface area contributed by atoms with Gasteiger partial charge in [0.05, 0.1) is 17.6 Å². The number of aliphatic hydroxyl groups excluding tert-OH is 1. The number of aliphatic hydroxyl groups is 1. The summed E-state index contributed by atoms with van der Waals surface area (Å²) in [6.07, 6.45) is 3.60. The molecule has 0 radical (unpaired) electrons. The van der Waals surface area contributed by atoms with Crippen molar-refractivity contribution in [1.29, 1.82) is 0 Å². The Labute approximate surface area is 176 Å². The van der Waals surface area contributed by atoms with Crippen molar-refractivity contribution < 1.29 is 18.3 Å². The second kappa shape index (κ2) is 10.00. The van der Waals surface area contributed by atoms with Crippen molar-refractivity contribution in [2.45, 2.75) is 13.3 Å². The molecule has 0 aliphatic carbocycles. The van der Waals surface area contributed by atoms with Crippen LogP contribution in [-0.2, 0) is 16.4 Å². The molecule has 156 valence electrons. The molecule has 0 amide bonds. The van der Waals surface area contributed by atoms with E-state index in [2.05, 4.69) is 21.6 Å². The van der Waals surface area contributed by atoms with E-state index in [4.69, 9.17) is 9.84 Å². The second-order valence-electron chi connectivity index (χ2n) is 6.39. The number of nitrogens with one attached hydrogen (secondary N) is 1. The molecule has 0 aliphatic rings. The van der Waals surface area contributed by atoms with Crippen LogP contribution in [0.15, 0.2) is 66.3 Å². The summed E-state index contributed by atoms with van der Waals surface area (Å²) < 4.78 is 33.3. The largest absolute Gasteiger partial charge is 0.475 e. The Balaban J connectivity index is 1.97. The number of hydrogen-bond donors (Lipinski definition) is 2. The van der Waals surface area contributed by atoms with Gasteiger partial charge in [0, 0.05) is 0 Å². The van der Waals surface area contributed by atoms with Gasteiger partial charge in [-0.25, -0.2) is 18.4 Å². The number of benzene rings is 2. The molecule has 0 aliphatic heterocycles. The highest BCUT2D eigenvalue weighted by Gasteiger charge is 2.18. The highest BCUT2D eigenvalue weighted by molar-refractivity contribution is 7.95. The van der Waals surface area contributed by atoms with E-state index in [0.29, 0.717) is 11.1 Å². The van der Waals surface area contributed by atoms with E-state index in [1.54, 1.807) is 12.1 Å². The van der Waals surface area contributed by atoms with Crippen LogP contribution in [0.25, 0.3) is 17.2 Å². The highest BCUT2D eigenvalue weighted by Crippen LogP contribution is 2.34. The topological polar surface area (TPSA) is 101 Å². The van der Waals surface area contributed by atoms with Gasteiger partial charge in [-0.2, -0.15) is 0 Å². The van der Waals surface area contributed by atoms with Crippen LogP contribution >= 0.6 is 0 Å². The first-order valence-corrected chi connectivity index (χ1v) is 11.0. The van der Waals surface area contributed by atoms with Crippen LogP contribution in [0.2, 0.25) is 0 Å². The van der Waals surface area contributed by atoms with Gasteiger partial charge in [-0.05, 0) is 29.2 Å². The summed E-state index contributed by atoms with van der Waals surface area (Å²) in [5, 5.41) is 10.2. The maximum absolute atomic E-state index is 12.6. The van der Waals surface area contributed by atoms with Crippen molar-refractivity contribution in [3.63, 3.8) is 0 Å². The molecule has 1 heterocycles. The fourth-order valence-electron chi connectivity index (χ4n) is 2.77. The van der Waals surface area contributed by atoms with Crippen LogP contribution in [0.5, 0.6) is 5.88 Å². The lowest BCUT2D eigenvalue weighted by Gasteiger charge is -2.14. The second-order valence-corrected chi connectivity index (χ2v) is 7.95. The zero-order valence-corrected chi connectivity index (χ0v) is 17.3. The summed E-state index contributed by atoms with van der Waals surface area (Å²) in [5.41, 5.74) is 3.00. The molecule has 8 heteroatoms. The third kappa shape index (κ3) is 5.65. The van der Waals surface area contributed by atoms with E-state index < -0.39 is 10.0 Å². The number of aromatic nitrogens is 2. The van der Waals surface area contributed by atoms with Gasteiger partial charge in [-0.15, -0.1) is 0 Å². The van der Waals surface area contributed by atoms with Crippen LogP contribution in [0.4, 0.5) is 5.82 Å². The minimum atomic E-state index is -3.84. The van der Waals surface area contributed by atoms with E-state index in [1.165, 1.54) is 12.4 Å². The Morgan fingerprint density at radius 1 is 1.07 bits per heavy atom. The SMILES string of the molecule is CCc1ccc(-c2c(NS(=O)(=O)/C=C/c3ccccc3)ncnc2OCCO)cc1. The van der Waals surface area contributed by atoms with E-state index in [-0.39, 0.29) is 24.9 Å². The van der Waals surface area contributed by atoms with Crippen molar-refractivity contribution in [2.75, 3.05) is 17.9 Å². The summed E-state index contributed by atoms with van der Waals surface area (Å²) in [4.78, 5) is 8.25. The van der Waals surface area contributed by atoms with E-state index in [0.717, 1.165) is 23.0 Å². The fraction of sp³-hybridized carbons (Fsp3) is 0.182. The Morgan fingerprint density at radius 2 is 1.80 bits per heavy atom. The molecule has 0 saturated carbocycles. The first-order chi connectivity index (χ1) is 14.5. The number of ether oxygens (including phenoxy) is 1. The molecule has 2 N–H and O–H groups in total. The van der Waals surface area contributed by atoms with Gasteiger partial charge in [0.25, 0.3) is 10.0 Å².